The molecule has 0 aromatic heterocycles. The van der Waals surface area contributed by atoms with Crippen molar-refractivity contribution in [3.05, 3.63) is 71.5 Å². The van der Waals surface area contributed by atoms with Gasteiger partial charge in [0.05, 0.1) is 6.54 Å². The number of carbonyl (C=O) groups is 1. The van der Waals surface area contributed by atoms with Crippen LogP contribution in [0.2, 0.25) is 0 Å². The Morgan fingerprint density at radius 2 is 1.62 bits per heavy atom. The van der Waals surface area contributed by atoms with E-state index < -0.39 is 0 Å². The summed E-state index contributed by atoms with van der Waals surface area (Å²) in [7, 11) is 1.64. The minimum absolute atomic E-state index is 0.0889. The van der Waals surface area contributed by atoms with Crippen LogP contribution in [-0.4, -0.2) is 38.5 Å². The van der Waals surface area contributed by atoms with E-state index in [1.165, 1.54) is 17.7 Å². The first-order chi connectivity index (χ1) is 12.7. The number of nitrogens with one attached hydrogen (secondary N) is 3. The molecule has 0 radical (unpaired) electrons. The topological polar surface area (TPSA) is 65.5 Å². The molecule has 0 fully saturated rings. The van der Waals surface area contributed by atoms with E-state index in [1.807, 2.05) is 36.4 Å². The number of hydrogen-bond acceptors (Lipinski definition) is 2. The first-order valence-electron chi connectivity index (χ1n) is 8.67. The number of halogens is 1. The quantitative estimate of drug-likeness (QED) is 0.500. The van der Waals surface area contributed by atoms with Crippen LogP contribution in [0.25, 0.3) is 0 Å². The number of hydrogen-bond donors (Lipinski definition) is 3. The summed E-state index contributed by atoms with van der Waals surface area (Å²) in [6, 6.07) is 16.5. The van der Waals surface area contributed by atoms with Crippen molar-refractivity contribution in [1.82, 2.24) is 16.0 Å². The normalized spacial score (nSPS) is 11.1. The molecule has 2 aromatic carbocycles. The highest BCUT2D eigenvalue weighted by Crippen LogP contribution is 2.03. The number of amides is 1. The predicted molar refractivity (Wildman–Crippen MR) is 103 cm³/mol. The molecule has 5 nitrogen and oxygen atoms in total. The number of nitrogens with zero attached hydrogens (tertiary/aromatic N) is 1. The third kappa shape index (κ3) is 7.34. The molecule has 2 rings (SSSR count). The SMILES string of the molecule is CN=C(NCCc1cccc(F)c1)NCC(=O)NCCc1ccccc1. The lowest BCUT2D eigenvalue weighted by atomic mass is 10.1. The van der Waals surface area contributed by atoms with Crippen molar-refractivity contribution in [2.24, 2.45) is 4.99 Å². The highest BCUT2D eigenvalue weighted by molar-refractivity contribution is 5.86. The summed E-state index contributed by atoms with van der Waals surface area (Å²) < 4.78 is 13.1. The standard InChI is InChI=1S/C20H25FN4O/c1-22-20(24-13-11-17-8-5-9-18(21)14-17)25-15-19(26)23-12-10-16-6-3-2-4-7-16/h2-9,14H,10-13,15H2,1H3,(H,23,26)(H2,22,24,25). The fourth-order valence-electron chi connectivity index (χ4n) is 2.46. The van der Waals surface area contributed by atoms with E-state index in [1.54, 1.807) is 13.1 Å². The molecule has 6 heteroatoms. The van der Waals surface area contributed by atoms with Crippen LogP contribution in [0, 0.1) is 5.82 Å². The average molecular weight is 356 g/mol. The Kier molecular flexibility index (Phi) is 8.12. The van der Waals surface area contributed by atoms with Crippen LogP contribution in [-0.2, 0) is 17.6 Å². The van der Waals surface area contributed by atoms with Crippen LogP contribution in [0.4, 0.5) is 4.39 Å². The first-order valence-corrected chi connectivity index (χ1v) is 8.67. The molecule has 0 atom stereocenters. The Labute approximate surface area is 153 Å². The van der Waals surface area contributed by atoms with Gasteiger partial charge >= 0.3 is 0 Å². The van der Waals surface area contributed by atoms with Gasteiger partial charge in [0.25, 0.3) is 0 Å². The molecule has 0 bridgehead atoms. The molecule has 0 heterocycles. The van der Waals surface area contributed by atoms with Gasteiger partial charge in [-0.1, -0.05) is 42.5 Å². The number of rotatable bonds is 8. The van der Waals surface area contributed by atoms with Crippen molar-refractivity contribution in [3.63, 3.8) is 0 Å². The largest absolute Gasteiger partial charge is 0.356 e. The summed E-state index contributed by atoms with van der Waals surface area (Å²) >= 11 is 0. The lowest BCUT2D eigenvalue weighted by Crippen LogP contribution is -2.44. The maximum absolute atomic E-state index is 13.1. The molecule has 0 saturated heterocycles. The smallest absolute Gasteiger partial charge is 0.239 e. The van der Waals surface area contributed by atoms with Gasteiger partial charge in [0, 0.05) is 20.1 Å². The van der Waals surface area contributed by atoms with Gasteiger partial charge in [-0.15, -0.1) is 0 Å². The molecular formula is C20H25FN4O. The van der Waals surface area contributed by atoms with Crippen LogP contribution in [0.1, 0.15) is 11.1 Å². The Bertz CT molecular complexity index is 719. The Balaban J connectivity index is 1.62. The van der Waals surface area contributed by atoms with Crippen LogP contribution in [0.3, 0.4) is 0 Å². The van der Waals surface area contributed by atoms with Crippen molar-refractivity contribution in [2.75, 3.05) is 26.7 Å². The van der Waals surface area contributed by atoms with E-state index in [0.717, 1.165) is 12.0 Å². The van der Waals surface area contributed by atoms with Gasteiger partial charge in [-0.3, -0.25) is 9.79 Å². The molecule has 0 aliphatic rings. The van der Waals surface area contributed by atoms with E-state index in [0.29, 0.717) is 25.5 Å². The molecule has 26 heavy (non-hydrogen) atoms. The van der Waals surface area contributed by atoms with E-state index in [2.05, 4.69) is 20.9 Å². The maximum Gasteiger partial charge on any atom is 0.239 e. The molecule has 0 spiro atoms. The van der Waals surface area contributed by atoms with Crippen molar-refractivity contribution < 1.29 is 9.18 Å². The summed E-state index contributed by atoms with van der Waals surface area (Å²) in [5.41, 5.74) is 2.10. The minimum Gasteiger partial charge on any atom is -0.356 e. The average Bonchev–Trinajstić information content (AvgIpc) is 2.65. The third-order valence-corrected chi connectivity index (χ3v) is 3.81. The summed E-state index contributed by atoms with van der Waals surface area (Å²) in [5.74, 6) is 0.214. The molecule has 0 saturated carbocycles. The van der Waals surface area contributed by atoms with E-state index in [4.69, 9.17) is 0 Å². The molecule has 1 amide bonds. The van der Waals surface area contributed by atoms with E-state index in [9.17, 15) is 9.18 Å². The number of benzene rings is 2. The highest BCUT2D eigenvalue weighted by atomic mass is 19.1. The zero-order valence-corrected chi connectivity index (χ0v) is 15.0. The maximum atomic E-state index is 13.1. The minimum atomic E-state index is -0.239. The molecule has 2 aromatic rings. The van der Waals surface area contributed by atoms with Crippen LogP contribution >= 0.6 is 0 Å². The predicted octanol–water partition coefficient (Wildman–Crippen LogP) is 1.89. The second kappa shape index (κ2) is 10.9. The molecule has 0 aliphatic heterocycles. The van der Waals surface area contributed by atoms with Crippen LogP contribution < -0.4 is 16.0 Å². The van der Waals surface area contributed by atoms with Crippen molar-refractivity contribution in [1.29, 1.82) is 0 Å². The molecule has 0 aliphatic carbocycles. The van der Waals surface area contributed by atoms with Crippen molar-refractivity contribution in [2.45, 2.75) is 12.8 Å². The number of carbonyl (C=O) groups excluding carboxylic acids is 1. The second-order valence-electron chi connectivity index (χ2n) is 5.82. The fraction of sp³-hybridized carbons (Fsp3) is 0.300. The lowest BCUT2D eigenvalue weighted by Gasteiger charge is -2.12. The highest BCUT2D eigenvalue weighted by Gasteiger charge is 2.03. The van der Waals surface area contributed by atoms with Crippen LogP contribution in [0.15, 0.2) is 59.6 Å². The zero-order chi connectivity index (χ0) is 18.6. The molecular weight excluding hydrogens is 331 g/mol. The van der Waals surface area contributed by atoms with Gasteiger partial charge in [0.2, 0.25) is 5.91 Å². The molecule has 3 N–H and O–H groups in total. The summed E-state index contributed by atoms with van der Waals surface area (Å²) in [4.78, 5) is 16.0. The lowest BCUT2D eigenvalue weighted by molar-refractivity contribution is -0.119. The summed E-state index contributed by atoms with van der Waals surface area (Å²) in [5, 5.41) is 8.95. The molecule has 138 valence electrons. The van der Waals surface area contributed by atoms with Gasteiger partial charge in [0.1, 0.15) is 5.82 Å². The first kappa shape index (κ1) is 19.4. The third-order valence-electron chi connectivity index (χ3n) is 3.81. The second-order valence-corrected chi connectivity index (χ2v) is 5.82. The van der Waals surface area contributed by atoms with Crippen LogP contribution in [0.5, 0.6) is 0 Å². The Morgan fingerprint density at radius 1 is 0.923 bits per heavy atom. The van der Waals surface area contributed by atoms with E-state index >= 15 is 0 Å². The monoisotopic (exact) mass is 356 g/mol. The summed E-state index contributed by atoms with van der Waals surface area (Å²) in [6.45, 7) is 1.34. The Morgan fingerprint density at radius 3 is 2.35 bits per heavy atom. The van der Waals surface area contributed by atoms with Crippen molar-refractivity contribution in [3.8, 4) is 0 Å². The fourth-order valence-corrected chi connectivity index (χ4v) is 2.46. The van der Waals surface area contributed by atoms with E-state index in [-0.39, 0.29) is 18.3 Å². The van der Waals surface area contributed by atoms with Gasteiger partial charge in [-0.05, 0) is 36.1 Å². The summed E-state index contributed by atoms with van der Waals surface area (Å²) in [6.07, 6.45) is 1.47. The van der Waals surface area contributed by atoms with Gasteiger partial charge < -0.3 is 16.0 Å². The van der Waals surface area contributed by atoms with Gasteiger partial charge in [-0.2, -0.15) is 0 Å². The zero-order valence-electron chi connectivity index (χ0n) is 15.0. The number of guanidine groups is 1. The van der Waals surface area contributed by atoms with Gasteiger partial charge in [0.15, 0.2) is 5.96 Å². The Hall–Kier alpha value is -2.89. The van der Waals surface area contributed by atoms with Crippen molar-refractivity contribution >= 4 is 11.9 Å². The number of aliphatic imine (C=N–C) groups is 1. The molecule has 0 unspecified atom stereocenters. The van der Waals surface area contributed by atoms with Gasteiger partial charge in [-0.25, -0.2) is 4.39 Å².